The SMILES string of the molecule is CN(C)S(=O)(=O)c1ccc2[nH]cc(C(=O)O)c(=O)c2c1. The van der Waals surface area contributed by atoms with Crippen molar-refractivity contribution in [2.24, 2.45) is 0 Å². The number of nitrogens with zero attached hydrogens (tertiary/aromatic N) is 1. The first-order chi connectivity index (χ1) is 9.25. The molecule has 0 amide bonds. The van der Waals surface area contributed by atoms with Crippen LogP contribution < -0.4 is 5.43 Å². The van der Waals surface area contributed by atoms with Crippen LogP contribution in [0.1, 0.15) is 10.4 Å². The lowest BCUT2D eigenvalue weighted by molar-refractivity contribution is 0.0695. The molecule has 0 spiro atoms. The van der Waals surface area contributed by atoms with E-state index in [1.54, 1.807) is 0 Å². The quantitative estimate of drug-likeness (QED) is 0.856. The third kappa shape index (κ3) is 2.19. The lowest BCUT2D eigenvalue weighted by Crippen LogP contribution is -2.22. The number of aromatic nitrogens is 1. The van der Waals surface area contributed by atoms with Crippen molar-refractivity contribution in [3.05, 3.63) is 40.2 Å². The highest BCUT2D eigenvalue weighted by Crippen LogP contribution is 2.17. The molecule has 0 aliphatic carbocycles. The van der Waals surface area contributed by atoms with E-state index < -0.39 is 27.0 Å². The Balaban J connectivity index is 2.80. The predicted octanol–water partition coefficient (Wildman–Crippen LogP) is 0.477. The molecule has 0 aliphatic rings. The number of carboxylic acid groups (broad SMARTS) is 1. The Morgan fingerprint density at radius 3 is 2.50 bits per heavy atom. The van der Waals surface area contributed by atoms with Gasteiger partial charge in [0.25, 0.3) is 0 Å². The smallest absolute Gasteiger partial charge is 0.341 e. The van der Waals surface area contributed by atoms with Crippen molar-refractivity contribution in [3.63, 3.8) is 0 Å². The number of nitrogens with one attached hydrogen (secondary N) is 1. The maximum atomic E-state index is 12.0. The van der Waals surface area contributed by atoms with Crippen LogP contribution in [0.25, 0.3) is 10.9 Å². The number of hydrogen-bond donors (Lipinski definition) is 2. The molecule has 0 radical (unpaired) electrons. The molecule has 0 saturated carbocycles. The molecular formula is C12H12N2O5S. The standard InChI is InChI=1S/C12H12N2O5S/c1-14(2)20(18,19)7-3-4-10-8(5-7)11(15)9(6-13-10)12(16)17/h3-6H,1-2H3,(H,13,15)(H,16,17). The molecule has 0 fully saturated rings. The third-order valence-electron chi connectivity index (χ3n) is 2.86. The predicted molar refractivity (Wildman–Crippen MR) is 72.4 cm³/mol. The van der Waals surface area contributed by atoms with E-state index in [0.29, 0.717) is 5.52 Å². The minimum absolute atomic E-state index is 0.0211. The fourth-order valence-electron chi connectivity index (χ4n) is 1.73. The summed E-state index contributed by atoms with van der Waals surface area (Å²) in [5.74, 6) is -1.37. The number of rotatable bonds is 3. The van der Waals surface area contributed by atoms with E-state index in [9.17, 15) is 18.0 Å². The van der Waals surface area contributed by atoms with E-state index >= 15 is 0 Å². The summed E-state index contributed by atoms with van der Waals surface area (Å²) in [7, 11) is -0.940. The number of sulfonamides is 1. The summed E-state index contributed by atoms with van der Waals surface area (Å²) >= 11 is 0. The lowest BCUT2D eigenvalue weighted by Gasteiger charge is -2.11. The van der Waals surface area contributed by atoms with Gasteiger partial charge < -0.3 is 10.1 Å². The Bertz CT molecular complexity index is 852. The van der Waals surface area contributed by atoms with Gasteiger partial charge in [0.05, 0.1) is 4.90 Å². The van der Waals surface area contributed by atoms with E-state index in [2.05, 4.69) is 4.98 Å². The molecule has 1 aromatic carbocycles. The first-order valence-corrected chi connectivity index (χ1v) is 7.00. The molecule has 7 nitrogen and oxygen atoms in total. The molecule has 0 bridgehead atoms. The average molecular weight is 296 g/mol. The Morgan fingerprint density at radius 2 is 1.95 bits per heavy atom. The molecule has 8 heteroatoms. The van der Waals surface area contributed by atoms with Crippen molar-refractivity contribution in [1.29, 1.82) is 0 Å². The fourth-order valence-corrected chi connectivity index (χ4v) is 2.66. The molecule has 0 unspecified atom stereocenters. The summed E-state index contributed by atoms with van der Waals surface area (Å²) in [5.41, 5.74) is -0.781. The molecule has 0 aliphatic heterocycles. The average Bonchev–Trinajstić information content (AvgIpc) is 2.38. The Hall–Kier alpha value is -2.19. The van der Waals surface area contributed by atoms with Gasteiger partial charge in [0.15, 0.2) is 0 Å². The monoisotopic (exact) mass is 296 g/mol. The van der Waals surface area contributed by atoms with Crippen LogP contribution in [0.3, 0.4) is 0 Å². The number of H-pyrrole nitrogens is 1. The van der Waals surface area contributed by atoms with Crippen molar-refractivity contribution in [3.8, 4) is 0 Å². The molecule has 1 aromatic heterocycles. The van der Waals surface area contributed by atoms with Gasteiger partial charge in [-0.2, -0.15) is 0 Å². The van der Waals surface area contributed by atoms with Crippen molar-refractivity contribution >= 4 is 26.9 Å². The number of carboxylic acids is 1. The normalized spacial score (nSPS) is 11.9. The summed E-state index contributed by atoms with van der Waals surface area (Å²) in [6, 6.07) is 3.96. The third-order valence-corrected chi connectivity index (χ3v) is 4.67. The molecule has 20 heavy (non-hydrogen) atoms. The number of carbonyl (C=O) groups is 1. The van der Waals surface area contributed by atoms with Gasteiger partial charge in [0.2, 0.25) is 15.5 Å². The van der Waals surface area contributed by atoms with Gasteiger partial charge in [0, 0.05) is 31.2 Å². The molecule has 2 aromatic rings. The maximum Gasteiger partial charge on any atom is 0.341 e. The molecule has 1 heterocycles. The van der Waals surface area contributed by atoms with Gasteiger partial charge in [0.1, 0.15) is 5.56 Å². The van der Waals surface area contributed by atoms with Gasteiger partial charge in [-0.05, 0) is 18.2 Å². The highest BCUT2D eigenvalue weighted by atomic mass is 32.2. The van der Waals surface area contributed by atoms with Gasteiger partial charge in [-0.25, -0.2) is 17.5 Å². The fraction of sp³-hybridized carbons (Fsp3) is 0.167. The van der Waals surface area contributed by atoms with Crippen molar-refractivity contribution < 1.29 is 18.3 Å². The molecule has 2 rings (SSSR count). The first kappa shape index (κ1) is 14.2. The van der Waals surface area contributed by atoms with E-state index in [4.69, 9.17) is 5.11 Å². The Morgan fingerprint density at radius 1 is 1.30 bits per heavy atom. The Labute approximate surface area is 114 Å². The van der Waals surface area contributed by atoms with Crippen LogP contribution in [0.2, 0.25) is 0 Å². The largest absolute Gasteiger partial charge is 0.477 e. The number of fused-ring (bicyclic) bond motifs is 1. The molecule has 106 valence electrons. The maximum absolute atomic E-state index is 12.0. The van der Waals surface area contributed by atoms with Crippen LogP contribution in [-0.2, 0) is 10.0 Å². The molecule has 2 N–H and O–H groups in total. The zero-order valence-electron chi connectivity index (χ0n) is 10.7. The number of hydrogen-bond acceptors (Lipinski definition) is 4. The summed E-state index contributed by atoms with van der Waals surface area (Å²) < 4.78 is 25.0. The zero-order valence-corrected chi connectivity index (χ0v) is 11.6. The highest BCUT2D eigenvalue weighted by molar-refractivity contribution is 7.89. The van der Waals surface area contributed by atoms with Crippen LogP contribution in [0.15, 0.2) is 34.1 Å². The minimum Gasteiger partial charge on any atom is -0.477 e. The van der Waals surface area contributed by atoms with Gasteiger partial charge in [-0.3, -0.25) is 4.79 Å². The van der Waals surface area contributed by atoms with Gasteiger partial charge in [-0.1, -0.05) is 0 Å². The number of aromatic carboxylic acids is 1. The minimum atomic E-state index is -3.69. The van der Waals surface area contributed by atoms with Gasteiger partial charge in [-0.15, -0.1) is 0 Å². The van der Waals surface area contributed by atoms with E-state index in [1.165, 1.54) is 32.3 Å². The summed E-state index contributed by atoms with van der Waals surface area (Å²) in [6.45, 7) is 0. The second-order valence-electron chi connectivity index (χ2n) is 4.33. The summed E-state index contributed by atoms with van der Waals surface area (Å²) in [6.07, 6.45) is 1.09. The van der Waals surface area contributed by atoms with Crippen LogP contribution >= 0.6 is 0 Å². The Kier molecular flexibility index (Phi) is 3.36. The molecule has 0 saturated heterocycles. The highest BCUT2D eigenvalue weighted by Gasteiger charge is 2.19. The van der Waals surface area contributed by atoms with Crippen LogP contribution in [-0.4, -0.2) is 42.9 Å². The second-order valence-corrected chi connectivity index (χ2v) is 6.48. The second kappa shape index (κ2) is 4.73. The van der Waals surface area contributed by atoms with Crippen LogP contribution in [0.5, 0.6) is 0 Å². The topological polar surface area (TPSA) is 108 Å². The van der Waals surface area contributed by atoms with E-state index in [-0.39, 0.29) is 10.3 Å². The molecule has 0 atom stereocenters. The van der Waals surface area contributed by atoms with E-state index in [0.717, 1.165) is 10.5 Å². The summed E-state index contributed by atoms with van der Waals surface area (Å²) in [4.78, 5) is 25.5. The number of benzene rings is 1. The lowest BCUT2D eigenvalue weighted by atomic mass is 10.1. The van der Waals surface area contributed by atoms with Crippen LogP contribution in [0.4, 0.5) is 0 Å². The zero-order chi connectivity index (χ0) is 15.1. The first-order valence-electron chi connectivity index (χ1n) is 5.56. The number of pyridine rings is 1. The number of aromatic amines is 1. The van der Waals surface area contributed by atoms with Crippen molar-refractivity contribution in [2.45, 2.75) is 4.90 Å². The van der Waals surface area contributed by atoms with Crippen LogP contribution in [0, 0.1) is 0 Å². The van der Waals surface area contributed by atoms with Crippen molar-refractivity contribution in [2.75, 3.05) is 14.1 Å². The van der Waals surface area contributed by atoms with Gasteiger partial charge >= 0.3 is 5.97 Å². The summed E-state index contributed by atoms with van der Waals surface area (Å²) in [5, 5.41) is 8.92. The molecular weight excluding hydrogens is 284 g/mol. The van der Waals surface area contributed by atoms with E-state index in [1.807, 2.05) is 0 Å². The van der Waals surface area contributed by atoms with Crippen molar-refractivity contribution in [1.82, 2.24) is 9.29 Å².